The summed E-state index contributed by atoms with van der Waals surface area (Å²) in [6, 6.07) is 0.693. The maximum absolute atomic E-state index is 11.4. The molecule has 0 saturated carbocycles. The Morgan fingerprint density at radius 3 is 2.08 bits per heavy atom. The maximum atomic E-state index is 11.4. The van der Waals surface area contributed by atoms with Gasteiger partial charge >= 0.3 is 0 Å². The monoisotopic (exact) mass is 169 g/mol. The lowest BCUT2D eigenvalue weighted by Crippen LogP contribution is -2.30. The van der Waals surface area contributed by atoms with E-state index in [9.17, 15) is 4.79 Å². The Balaban J connectivity index is 2.56. The Hall–Kier alpha value is -0.570. The molecule has 1 amide bonds. The normalized spacial score (nSPS) is 20.2. The Morgan fingerprint density at radius 1 is 1.25 bits per heavy atom. The fourth-order valence-corrected chi connectivity index (χ4v) is 1.24. The minimum atomic E-state index is 0.207. The summed E-state index contributed by atoms with van der Waals surface area (Å²) in [5.41, 5.74) is 0. The van der Waals surface area contributed by atoms with Gasteiger partial charge in [-0.2, -0.15) is 6.67 Å². The van der Waals surface area contributed by atoms with Gasteiger partial charge in [-0.3, -0.25) is 4.79 Å². The van der Waals surface area contributed by atoms with Crippen molar-refractivity contribution >= 4 is 5.91 Å². The van der Waals surface area contributed by atoms with Gasteiger partial charge in [-0.1, -0.05) is 13.8 Å². The van der Waals surface area contributed by atoms with Gasteiger partial charge in [-0.15, -0.1) is 0 Å². The average Bonchev–Trinajstić information content (AvgIpc) is 2.30. The number of amides is 1. The van der Waals surface area contributed by atoms with Crippen LogP contribution in [0.5, 0.6) is 0 Å². The third-order valence-electron chi connectivity index (χ3n) is 2.10. The minimum Gasteiger partial charge on any atom is -0.476 e. The van der Waals surface area contributed by atoms with Crippen LogP contribution >= 0.6 is 0 Å². The largest absolute Gasteiger partial charge is 0.476 e. The fraction of sp³-hybridized carbons (Fsp3) is 0.778. The van der Waals surface area contributed by atoms with Crippen molar-refractivity contribution in [3.63, 3.8) is 0 Å². The first-order valence-electron chi connectivity index (χ1n) is 4.44. The van der Waals surface area contributed by atoms with E-state index in [0.29, 0.717) is 12.6 Å². The second-order valence-corrected chi connectivity index (χ2v) is 3.78. The third-order valence-corrected chi connectivity index (χ3v) is 2.10. The number of hydrogen-bond acceptors (Lipinski definition) is 2. The summed E-state index contributed by atoms with van der Waals surface area (Å²) in [4.78, 5) is 15.2. The molecule has 1 fully saturated rings. The molecular weight excluding hydrogens is 152 g/mol. The van der Waals surface area contributed by atoms with Crippen LogP contribution in [-0.4, -0.2) is 34.3 Å². The summed E-state index contributed by atoms with van der Waals surface area (Å²) < 4.78 is 0. The molecule has 1 heterocycles. The molecule has 0 aromatic heterocycles. The zero-order valence-corrected chi connectivity index (χ0v) is 8.24. The number of hydrogen-bond donors (Lipinski definition) is 0. The van der Waals surface area contributed by atoms with E-state index in [-0.39, 0.29) is 11.9 Å². The first-order valence-corrected chi connectivity index (χ1v) is 4.44. The van der Waals surface area contributed by atoms with Gasteiger partial charge in [0.15, 0.2) is 0 Å². The first-order chi connectivity index (χ1) is 5.52. The molecule has 1 aliphatic rings. The van der Waals surface area contributed by atoms with Crippen molar-refractivity contribution in [2.24, 2.45) is 0 Å². The van der Waals surface area contributed by atoms with Crippen LogP contribution in [0.4, 0.5) is 0 Å². The lowest BCUT2D eigenvalue weighted by molar-refractivity contribution is -0.127. The Morgan fingerprint density at radius 2 is 1.83 bits per heavy atom. The summed E-state index contributed by atoms with van der Waals surface area (Å²) >= 11 is 0. The van der Waals surface area contributed by atoms with Crippen LogP contribution < -0.4 is 0 Å². The van der Waals surface area contributed by atoms with Gasteiger partial charge in [0.05, 0.1) is 0 Å². The Labute approximate surface area is 74.3 Å². The van der Waals surface area contributed by atoms with E-state index >= 15 is 0 Å². The molecular formula is C9H17N2O-. The van der Waals surface area contributed by atoms with E-state index in [4.69, 9.17) is 0 Å². The van der Waals surface area contributed by atoms with Crippen LogP contribution in [0.3, 0.4) is 0 Å². The van der Waals surface area contributed by atoms with Crippen LogP contribution in [0.2, 0.25) is 0 Å². The Kier molecular flexibility index (Phi) is 2.73. The smallest absolute Gasteiger partial charge is 0.206 e. The van der Waals surface area contributed by atoms with Gasteiger partial charge in [0.1, 0.15) is 0 Å². The minimum absolute atomic E-state index is 0.207. The van der Waals surface area contributed by atoms with Crippen molar-refractivity contribution < 1.29 is 4.79 Å². The van der Waals surface area contributed by atoms with Crippen LogP contribution in [0.15, 0.2) is 0 Å². The summed E-state index contributed by atoms with van der Waals surface area (Å²) in [5.74, 6) is 0.207. The van der Waals surface area contributed by atoms with E-state index in [1.807, 2.05) is 20.5 Å². The molecule has 1 saturated heterocycles. The number of carbonyl (C=O) groups is 1. The van der Waals surface area contributed by atoms with Crippen LogP contribution in [-0.2, 0) is 4.79 Å². The van der Waals surface area contributed by atoms with Crippen LogP contribution in [0, 0.1) is 6.67 Å². The SMILES string of the molecule is CC(C)N1[CH-]N(C(C)C)C(=O)C1. The van der Waals surface area contributed by atoms with Gasteiger partial charge in [-0.05, 0) is 25.9 Å². The molecule has 3 heteroatoms. The molecule has 1 rings (SSSR count). The molecule has 0 spiro atoms. The summed E-state index contributed by atoms with van der Waals surface area (Å²) in [6.45, 7) is 10.7. The molecule has 0 atom stereocenters. The van der Waals surface area contributed by atoms with Crippen molar-refractivity contribution in [1.82, 2.24) is 9.80 Å². The standard InChI is InChI=1S/C9H17N2O/c1-7(2)10-5-9(12)11(6-10)8(3)4/h6-8H,5H2,1-4H3/q-1. The predicted octanol–water partition coefficient (Wildman–Crippen LogP) is 1.07. The average molecular weight is 169 g/mol. The summed E-state index contributed by atoms with van der Waals surface area (Å²) in [5, 5.41) is 0. The number of rotatable bonds is 2. The molecule has 0 aliphatic carbocycles. The van der Waals surface area contributed by atoms with Gasteiger partial charge < -0.3 is 9.80 Å². The van der Waals surface area contributed by atoms with E-state index in [1.54, 1.807) is 4.90 Å². The van der Waals surface area contributed by atoms with Crippen molar-refractivity contribution in [3.05, 3.63) is 6.67 Å². The fourth-order valence-electron chi connectivity index (χ4n) is 1.24. The second-order valence-electron chi connectivity index (χ2n) is 3.78. The van der Waals surface area contributed by atoms with E-state index in [1.165, 1.54) is 0 Å². The zero-order valence-electron chi connectivity index (χ0n) is 8.24. The van der Waals surface area contributed by atoms with Crippen molar-refractivity contribution in [2.45, 2.75) is 39.8 Å². The van der Waals surface area contributed by atoms with Crippen molar-refractivity contribution in [1.29, 1.82) is 0 Å². The molecule has 0 N–H and O–H groups in total. The molecule has 0 bridgehead atoms. The quantitative estimate of drug-likeness (QED) is 0.577. The lowest BCUT2D eigenvalue weighted by Gasteiger charge is -2.35. The molecule has 12 heavy (non-hydrogen) atoms. The van der Waals surface area contributed by atoms with E-state index < -0.39 is 0 Å². The third kappa shape index (κ3) is 1.78. The van der Waals surface area contributed by atoms with E-state index in [0.717, 1.165) is 0 Å². The van der Waals surface area contributed by atoms with Crippen LogP contribution in [0.25, 0.3) is 0 Å². The predicted molar refractivity (Wildman–Crippen MR) is 48.1 cm³/mol. The topological polar surface area (TPSA) is 23.6 Å². The first kappa shape index (κ1) is 9.52. The molecule has 3 nitrogen and oxygen atoms in total. The molecule has 1 aliphatic heterocycles. The summed E-state index contributed by atoms with van der Waals surface area (Å²) in [7, 11) is 0. The van der Waals surface area contributed by atoms with Gasteiger partial charge in [0.25, 0.3) is 0 Å². The lowest BCUT2D eigenvalue weighted by atomic mass is 10.3. The second kappa shape index (κ2) is 3.44. The van der Waals surface area contributed by atoms with Gasteiger partial charge in [0.2, 0.25) is 5.91 Å². The highest BCUT2D eigenvalue weighted by Gasteiger charge is 2.20. The van der Waals surface area contributed by atoms with Crippen molar-refractivity contribution in [3.8, 4) is 0 Å². The highest BCUT2D eigenvalue weighted by atomic mass is 16.2. The van der Waals surface area contributed by atoms with Gasteiger partial charge in [0, 0.05) is 6.54 Å². The highest BCUT2D eigenvalue weighted by molar-refractivity contribution is 5.81. The highest BCUT2D eigenvalue weighted by Crippen LogP contribution is 2.16. The molecule has 0 aromatic rings. The Bertz CT molecular complexity index is 177. The summed E-state index contributed by atoms with van der Waals surface area (Å²) in [6.07, 6.45) is 0. The molecule has 0 aromatic carbocycles. The molecule has 0 unspecified atom stereocenters. The van der Waals surface area contributed by atoms with Crippen molar-refractivity contribution in [2.75, 3.05) is 6.54 Å². The molecule has 0 radical (unpaired) electrons. The van der Waals surface area contributed by atoms with Gasteiger partial charge in [-0.25, -0.2) is 0 Å². The van der Waals surface area contributed by atoms with Crippen LogP contribution in [0.1, 0.15) is 27.7 Å². The number of nitrogens with zero attached hydrogens (tertiary/aromatic N) is 2. The zero-order chi connectivity index (χ0) is 9.30. The van der Waals surface area contributed by atoms with E-state index in [2.05, 4.69) is 18.7 Å². The molecule has 70 valence electrons. The number of carbonyl (C=O) groups excluding carboxylic acids is 1. The maximum Gasteiger partial charge on any atom is 0.206 e.